The molecule has 1 heterocycles. The number of hydrogen-bond donors (Lipinski definition) is 0. The van der Waals surface area contributed by atoms with E-state index in [1.807, 2.05) is 30.7 Å². The number of hydrogen-bond acceptors (Lipinski definition) is 2. The predicted molar refractivity (Wildman–Crippen MR) is 72.2 cm³/mol. The van der Waals surface area contributed by atoms with Gasteiger partial charge in [-0.1, -0.05) is 38.1 Å². The highest BCUT2D eigenvalue weighted by molar-refractivity contribution is 5.65. The zero-order valence-electron chi connectivity index (χ0n) is 11.2. The summed E-state index contributed by atoms with van der Waals surface area (Å²) in [4.78, 5) is 4.47. The molecular formula is C15H17N3. The van der Waals surface area contributed by atoms with Gasteiger partial charge in [-0.2, -0.15) is 5.26 Å². The topological polar surface area (TPSA) is 41.6 Å². The summed E-state index contributed by atoms with van der Waals surface area (Å²) in [6, 6.07) is 10.5. The molecule has 0 bridgehead atoms. The largest absolute Gasteiger partial charge is 0.323 e. The number of aryl methyl sites for hydroxylation is 1. The highest BCUT2D eigenvalue weighted by Crippen LogP contribution is 2.25. The SMILES string of the molecule is Cc1nc(-c2ccc(C(C)C)cc2)c(C#N)n1C. The molecule has 18 heavy (non-hydrogen) atoms. The molecule has 0 radical (unpaired) electrons. The zero-order valence-corrected chi connectivity index (χ0v) is 11.2. The fourth-order valence-corrected chi connectivity index (χ4v) is 1.97. The smallest absolute Gasteiger partial charge is 0.147 e. The van der Waals surface area contributed by atoms with Crippen LogP contribution in [0.1, 0.15) is 36.8 Å². The van der Waals surface area contributed by atoms with Gasteiger partial charge in [0.25, 0.3) is 0 Å². The highest BCUT2D eigenvalue weighted by Gasteiger charge is 2.13. The van der Waals surface area contributed by atoms with Crippen LogP contribution in [0.4, 0.5) is 0 Å². The summed E-state index contributed by atoms with van der Waals surface area (Å²) in [6.07, 6.45) is 0. The Morgan fingerprint density at radius 3 is 2.33 bits per heavy atom. The van der Waals surface area contributed by atoms with Crippen LogP contribution in [0.15, 0.2) is 24.3 Å². The van der Waals surface area contributed by atoms with E-state index in [0.717, 1.165) is 17.1 Å². The lowest BCUT2D eigenvalue weighted by molar-refractivity contribution is 0.845. The molecule has 3 nitrogen and oxygen atoms in total. The third-order valence-corrected chi connectivity index (χ3v) is 3.28. The van der Waals surface area contributed by atoms with Gasteiger partial charge in [-0.25, -0.2) is 4.98 Å². The maximum atomic E-state index is 9.21. The van der Waals surface area contributed by atoms with E-state index in [-0.39, 0.29) is 0 Å². The summed E-state index contributed by atoms with van der Waals surface area (Å²) >= 11 is 0. The Labute approximate surface area is 108 Å². The molecule has 0 aliphatic carbocycles. The summed E-state index contributed by atoms with van der Waals surface area (Å²) in [5, 5.41) is 9.21. The Balaban J connectivity index is 2.50. The number of nitriles is 1. The van der Waals surface area contributed by atoms with Crippen LogP contribution in [0.2, 0.25) is 0 Å². The van der Waals surface area contributed by atoms with E-state index >= 15 is 0 Å². The molecule has 0 fully saturated rings. The number of benzene rings is 1. The second-order valence-electron chi connectivity index (χ2n) is 4.80. The first kappa shape index (κ1) is 12.4. The summed E-state index contributed by atoms with van der Waals surface area (Å²) in [6.45, 7) is 6.24. The van der Waals surface area contributed by atoms with Crippen molar-refractivity contribution in [2.24, 2.45) is 7.05 Å². The molecule has 0 saturated heterocycles. The van der Waals surface area contributed by atoms with E-state index in [4.69, 9.17) is 0 Å². The Morgan fingerprint density at radius 1 is 1.22 bits per heavy atom. The van der Waals surface area contributed by atoms with E-state index in [9.17, 15) is 5.26 Å². The summed E-state index contributed by atoms with van der Waals surface area (Å²) in [5.41, 5.74) is 3.68. The van der Waals surface area contributed by atoms with Crippen LogP contribution in [-0.4, -0.2) is 9.55 Å². The molecule has 0 N–H and O–H groups in total. The Morgan fingerprint density at radius 2 is 1.83 bits per heavy atom. The molecule has 0 aliphatic rings. The molecule has 92 valence electrons. The van der Waals surface area contributed by atoms with Crippen LogP contribution in [-0.2, 0) is 7.05 Å². The van der Waals surface area contributed by atoms with Crippen LogP contribution >= 0.6 is 0 Å². The van der Waals surface area contributed by atoms with E-state index in [1.165, 1.54) is 5.56 Å². The van der Waals surface area contributed by atoms with Gasteiger partial charge in [0.2, 0.25) is 0 Å². The highest BCUT2D eigenvalue weighted by atomic mass is 15.1. The number of rotatable bonds is 2. The molecule has 0 spiro atoms. The van der Waals surface area contributed by atoms with Crippen molar-refractivity contribution in [2.75, 3.05) is 0 Å². The van der Waals surface area contributed by atoms with Crippen molar-refractivity contribution >= 4 is 0 Å². The van der Waals surface area contributed by atoms with E-state index in [0.29, 0.717) is 11.6 Å². The number of nitrogens with zero attached hydrogens (tertiary/aromatic N) is 3. The molecule has 0 unspecified atom stereocenters. The normalized spacial score (nSPS) is 10.7. The molecule has 3 heteroatoms. The fraction of sp³-hybridized carbons (Fsp3) is 0.333. The van der Waals surface area contributed by atoms with Gasteiger partial charge >= 0.3 is 0 Å². The molecule has 2 aromatic rings. The van der Waals surface area contributed by atoms with Crippen molar-refractivity contribution in [1.82, 2.24) is 9.55 Å². The lowest BCUT2D eigenvalue weighted by Crippen LogP contribution is -1.94. The number of imidazole rings is 1. The minimum Gasteiger partial charge on any atom is -0.323 e. The van der Waals surface area contributed by atoms with Gasteiger partial charge in [0.15, 0.2) is 0 Å². The van der Waals surface area contributed by atoms with Crippen LogP contribution in [0.25, 0.3) is 11.3 Å². The summed E-state index contributed by atoms with van der Waals surface area (Å²) in [5.74, 6) is 1.37. The first-order chi connectivity index (χ1) is 8.54. The van der Waals surface area contributed by atoms with Gasteiger partial charge in [0.1, 0.15) is 23.3 Å². The predicted octanol–water partition coefficient (Wildman–Crippen LogP) is 3.39. The average Bonchev–Trinajstić information content (AvgIpc) is 2.65. The molecule has 0 amide bonds. The second-order valence-corrected chi connectivity index (χ2v) is 4.80. The van der Waals surface area contributed by atoms with Crippen molar-refractivity contribution in [3.05, 3.63) is 41.3 Å². The average molecular weight is 239 g/mol. The lowest BCUT2D eigenvalue weighted by Gasteiger charge is -2.05. The van der Waals surface area contributed by atoms with Gasteiger partial charge in [-0.05, 0) is 18.4 Å². The Bertz CT molecular complexity index is 598. The van der Waals surface area contributed by atoms with Gasteiger partial charge < -0.3 is 4.57 Å². The number of aromatic nitrogens is 2. The quantitative estimate of drug-likeness (QED) is 0.806. The van der Waals surface area contributed by atoms with E-state index < -0.39 is 0 Å². The minimum atomic E-state index is 0.514. The molecule has 1 aromatic carbocycles. The summed E-state index contributed by atoms with van der Waals surface area (Å²) < 4.78 is 1.83. The monoisotopic (exact) mass is 239 g/mol. The first-order valence-corrected chi connectivity index (χ1v) is 6.08. The Kier molecular flexibility index (Phi) is 3.20. The van der Waals surface area contributed by atoms with Crippen molar-refractivity contribution in [2.45, 2.75) is 26.7 Å². The first-order valence-electron chi connectivity index (χ1n) is 6.08. The third kappa shape index (κ3) is 2.02. The van der Waals surface area contributed by atoms with Gasteiger partial charge in [-0.15, -0.1) is 0 Å². The molecule has 2 rings (SSSR count). The van der Waals surface area contributed by atoms with Gasteiger partial charge in [-0.3, -0.25) is 0 Å². The standard InChI is InChI=1S/C15H17N3/c1-10(2)12-5-7-13(8-6-12)15-14(9-16)18(4)11(3)17-15/h5-8,10H,1-4H3. The molecule has 0 saturated carbocycles. The Hall–Kier alpha value is -2.08. The van der Waals surface area contributed by atoms with Crippen molar-refractivity contribution in [1.29, 1.82) is 5.26 Å². The van der Waals surface area contributed by atoms with Crippen molar-refractivity contribution in [3.63, 3.8) is 0 Å². The summed E-state index contributed by atoms with van der Waals surface area (Å²) in [7, 11) is 1.87. The van der Waals surface area contributed by atoms with E-state index in [1.54, 1.807) is 0 Å². The minimum absolute atomic E-state index is 0.514. The van der Waals surface area contributed by atoms with Gasteiger partial charge in [0.05, 0.1) is 0 Å². The van der Waals surface area contributed by atoms with Crippen LogP contribution in [0.3, 0.4) is 0 Å². The van der Waals surface area contributed by atoms with Crippen LogP contribution in [0, 0.1) is 18.3 Å². The second kappa shape index (κ2) is 4.66. The van der Waals surface area contributed by atoms with E-state index in [2.05, 4.69) is 37.0 Å². The molecule has 0 aliphatic heterocycles. The van der Waals surface area contributed by atoms with Crippen molar-refractivity contribution < 1.29 is 0 Å². The van der Waals surface area contributed by atoms with Crippen molar-refractivity contribution in [3.8, 4) is 17.3 Å². The third-order valence-electron chi connectivity index (χ3n) is 3.28. The molecular weight excluding hydrogens is 222 g/mol. The molecule has 1 aromatic heterocycles. The zero-order chi connectivity index (χ0) is 13.3. The maximum absolute atomic E-state index is 9.21. The van der Waals surface area contributed by atoms with Gasteiger partial charge in [0, 0.05) is 12.6 Å². The fourth-order valence-electron chi connectivity index (χ4n) is 1.97. The van der Waals surface area contributed by atoms with Crippen LogP contribution < -0.4 is 0 Å². The maximum Gasteiger partial charge on any atom is 0.147 e. The lowest BCUT2D eigenvalue weighted by atomic mass is 10.0. The van der Waals surface area contributed by atoms with Crippen LogP contribution in [0.5, 0.6) is 0 Å². The molecule has 0 atom stereocenters.